The van der Waals surface area contributed by atoms with Gasteiger partial charge in [-0.05, 0) is 18.2 Å². The van der Waals surface area contributed by atoms with E-state index in [0.717, 1.165) is 5.69 Å². The molecule has 0 bridgehead atoms. The monoisotopic (exact) mass is 325 g/mol. The normalized spacial score (nSPS) is 10.1. The van der Waals surface area contributed by atoms with E-state index in [0.29, 0.717) is 18.0 Å². The van der Waals surface area contributed by atoms with Crippen LogP contribution in [0.5, 0.6) is 0 Å². The van der Waals surface area contributed by atoms with Crippen molar-refractivity contribution in [3.05, 3.63) is 45.4 Å². The molecule has 1 aromatic carbocycles. The van der Waals surface area contributed by atoms with Crippen LogP contribution >= 0.6 is 22.9 Å². The quantitative estimate of drug-likeness (QED) is 0.788. The summed E-state index contributed by atoms with van der Waals surface area (Å²) in [4.78, 5) is 26.9. The van der Waals surface area contributed by atoms with Crippen LogP contribution in [0.3, 0.4) is 0 Å². The molecule has 8 heteroatoms. The van der Waals surface area contributed by atoms with Crippen molar-refractivity contribution < 1.29 is 14.7 Å². The third-order valence-corrected chi connectivity index (χ3v) is 3.48. The number of amides is 2. The number of benzene rings is 1. The molecule has 21 heavy (non-hydrogen) atoms. The summed E-state index contributed by atoms with van der Waals surface area (Å²) in [6, 6.07) is 3.77. The fourth-order valence-corrected chi connectivity index (χ4v) is 2.40. The minimum Gasteiger partial charge on any atom is -0.478 e. The van der Waals surface area contributed by atoms with Crippen molar-refractivity contribution in [1.82, 2.24) is 10.3 Å². The maximum atomic E-state index is 11.7. The standard InChI is InChI=1S/C13H12ClN3O3S/c14-8-1-2-11(10(5-8)12(18)19)17-13(20)15-4-3-9-6-21-7-16-9/h1-2,5-7H,3-4H2,(H,18,19)(H2,15,17,20). The lowest BCUT2D eigenvalue weighted by Gasteiger charge is -2.09. The Labute approximate surface area is 129 Å². The Balaban J connectivity index is 1.92. The van der Waals surface area contributed by atoms with Gasteiger partial charge >= 0.3 is 12.0 Å². The smallest absolute Gasteiger partial charge is 0.337 e. The molecule has 0 saturated heterocycles. The minimum absolute atomic E-state index is 0.0582. The Morgan fingerprint density at radius 3 is 2.86 bits per heavy atom. The fraction of sp³-hybridized carbons (Fsp3) is 0.154. The lowest BCUT2D eigenvalue weighted by Crippen LogP contribution is -2.31. The molecule has 110 valence electrons. The number of hydrogen-bond acceptors (Lipinski definition) is 4. The largest absolute Gasteiger partial charge is 0.478 e. The summed E-state index contributed by atoms with van der Waals surface area (Å²) in [6.07, 6.45) is 0.614. The number of aromatic carboxylic acids is 1. The number of nitrogens with one attached hydrogen (secondary N) is 2. The Hall–Kier alpha value is -2.12. The van der Waals surface area contributed by atoms with Crippen LogP contribution in [-0.4, -0.2) is 28.6 Å². The van der Waals surface area contributed by atoms with Crippen LogP contribution in [0.4, 0.5) is 10.5 Å². The van der Waals surface area contributed by atoms with Gasteiger partial charge < -0.3 is 15.7 Å². The highest BCUT2D eigenvalue weighted by Gasteiger charge is 2.12. The first-order chi connectivity index (χ1) is 10.1. The number of urea groups is 1. The summed E-state index contributed by atoms with van der Waals surface area (Å²) in [5.41, 5.74) is 2.76. The molecule has 2 aromatic rings. The molecule has 3 N–H and O–H groups in total. The Morgan fingerprint density at radius 1 is 1.38 bits per heavy atom. The first kappa shape index (κ1) is 15.3. The van der Waals surface area contributed by atoms with E-state index >= 15 is 0 Å². The highest BCUT2D eigenvalue weighted by Crippen LogP contribution is 2.20. The molecule has 0 aliphatic heterocycles. The lowest BCUT2D eigenvalue weighted by atomic mass is 10.2. The van der Waals surface area contributed by atoms with Gasteiger partial charge in [0.2, 0.25) is 0 Å². The van der Waals surface area contributed by atoms with E-state index in [9.17, 15) is 9.59 Å². The molecule has 2 amide bonds. The zero-order valence-electron chi connectivity index (χ0n) is 10.8. The SMILES string of the molecule is O=C(NCCc1cscn1)Nc1ccc(Cl)cc1C(=O)O. The van der Waals surface area contributed by atoms with Gasteiger partial charge in [0.25, 0.3) is 0 Å². The molecule has 0 spiro atoms. The van der Waals surface area contributed by atoms with Gasteiger partial charge in [0.05, 0.1) is 22.5 Å². The Kier molecular flexibility index (Phi) is 5.13. The van der Waals surface area contributed by atoms with Crippen LogP contribution in [0.2, 0.25) is 5.02 Å². The van der Waals surface area contributed by atoms with Crippen LogP contribution in [0.15, 0.2) is 29.1 Å². The fourth-order valence-electron chi connectivity index (χ4n) is 1.63. The zero-order valence-corrected chi connectivity index (χ0v) is 12.4. The molecule has 2 rings (SSSR count). The number of carboxylic acids is 1. The molecule has 6 nitrogen and oxygen atoms in total. The highest BCUT2D eigenvalue weighted by molar-refractivity contribution is 7.07. The first-order valence-electron chi connectivity index (χ1n) is 6.01. The molecule has 0 atom stereocenters. The number of carboxylic acid groups (broad SMARTS) is 1. The Bertz CT molecular complexity index is 646. The van der Waals surface area contributed by atoms with Crippen molar-refractivity contribution in [1.29, 1.82) is 0 Å². The number of carbonyl (C=O) groups is 2. The number of thiazole rings is 1. The third kappa shape index (κ3) is 4.44. The number of nitrogens with zero attached hydrogens (tertiary/aromatic N) is 1. The zero-order chi connectivity index (χ0) is 15.2. The first-order valence-corrected chi connectivity index (χ1v) is 7.33. The molecular formula is C13H12ClN3O3S. The molecule has 0 radical (unpaired) electrons. The van der Waals surface area contributed by atoms with Gasteiger partial charge in [-0.3, -0.25) is 0 Å². The second-order valence-electron chi connectivity index (χ2n) is 4.11. The van der Waals surface area contributed by atoms with E-state index in [-0.39, 0.29) is 11.3 Å². The molecule has 1 heterocycles. The van der Waals surface area contributed by atoms with Crippen LogP contribution < -0.4 is 10.6 Å². The maximum Gasteiger partial charge on any atom is 0.337 e. The van der Waals surface area contributed by atoms with Crippen molar-refractivity contribution in [2.45, 2.75) is 6.42 Å². The number of rotatable bonds is 5. The van der Waals surface area contributed by atoms with Crippen LogP contribution in [0, 0.1) is 0 Å². The van der Waals surface area contributed by atoms with E-state index in [1.165, 1.54) is 29.5 Å². The van der Waals surface area contributed by atoms with E-state index in [2.05, 4.69) is 15.6 Å². The second kappa shape index (κ2) is 7.05. The van der Waals surface area contributed by atoms with Gasteiger partial charge in [-0.15, -0.1) is 11.3 Å². The van der Waals surface area contributed by atoms with E-state index in [1.54, 1.807) is 5.51 Å². The minimum atomic E-state index is -1.16. The van der Waals surface area contributed by atoms with Crippen LogP contribution in [0.1, 0.15) is 16.1 Å². The summed E-state index contributed by atoms with van der Waals surface area (Å²) in [5.74, 6) is -1.16. The van der Waals surface area contributed by atoms with Crippen molar-refractivity contribution >= 4 is 40.6 Å². The van der Waals surface area contributed by atoms with Crippen LogP contribution in [0.25, 0.3) is 0 Å². The van der Waals surface area contributed by atoms with Crippen molar-refractivity contribution in [3.63, 3.8) is 0 Å². The molecule has 0 aliphatic rings. The van der Waals surface area contributed by atoms with Gasteiger partial charge in [-0.2, -0.15) is 0 Å². The highest BCUT2D eigenvalue weighted by atomic mass is 35.5. The van der Waals surface area contributed by atoms with Crippen molar-refractivity contribution in [2.24, 2.45) is 0 Å². The van der Waals surface area contributed by atoms with Gasteiger partial charge in [-0.25, -0.2) is 14.6 Å². The van der Waals surface area contributed by atoms with Crippen molar-refractivity contribution in [2.75, 3.05) is 11.9 Å². The second-order valence-corrected chi connectivity index (χ2v) is 5.26. The topological polar surface area (TPSA) is 91.3 Å². The molecular weight excluding hydrogens is 314 g/mol. The summed E-state index contributed by atoms with van der Waals surface area (Å²) < 4.78 is 0. The lowest BCUT2D eigenvalue weighted by molar-refractivity contribution is 0.0698. The summed E-state index contributed by atoms with van der Waals surface area (Å²) in [5, 5.41) is 16.4. The van der Waals surface area contributed by atoms with E-state index < -0.39 is 12.0 Å². The molecule has 0 unspecified atom stereocenters. The number of aromatic nitrogens is 1. The predicted octanol–water partition coefficient (Wildman–Crippen LogP) is 2.86. The molecule has 1 aromatic heterocycles. The number of anilines is 1. The number of carbonyl (C=O) groups excluding carboxylic acids is 1. The molecule has 0 aliphatic carbocycles. The van der Waals surface area contributed by atoms with E-state index in [4.69, 9.17) is 16.7 Å². The Morgan fingerprint density at radius 2 is 2.19 bits per heavy atom. The third-order valence-electron chi connectivity index (χ3n) is 2.61. The summed E-state index contributed by atoms with van der Waals surface area (Å²) in [6.45, 7) is 0.408. The van der Waals surface area contributed by atoms with Crippen molar-refractivity contribution in [3.8, 4) is 0 Å². The van der Waals surface area contributed by atoms with E-state index in [1.807, 2.05) is 5.38 Å². The van der Waals surface area contributed by atoms with Gasteiger partial charge in [-0.1, -0.05) is 11.6 Å². The predicted molar refractivity (Wildman–Crippen MR) is 81.3 cm³/mol. The van der Waals surface area contributed by atoms with Gasteiger partial charge in [0.1, 0.15) is 0 Å². The molecule has 0 saturated carbocycles. The number of halogens is 1. The molecule has 0 fully saturated rings. The summed E-state index contributed by atoms with van der Waals surface area (Å²) >= 11 is 7.23. The average molecular weight is 326 g/mol. The van der Waals surface area contributed by atoms with Gasteiger partial charge in [0, 0.05) is 23.4 Å². The number of hydrogen-bond donors (Lipinski definition) is 3. The average Bonchev–Trinajstić information content (AvgIpc) is 2.94. The summed E-state index contributed by atoms with van der Waals surface area (Å²) in [7, 11) is 0. The van der Waals surface area contributed by atoms with Gasteiger partial charge in [0.15, 0.2) is 0 Å². The van der Waals surface area contributed by atoms with Crippen LogP contribution in [-0.2, 0) is 6.42 Å². The maximum absolute atomic E-state index is 11.7.